The van der Waals surface area contributed by atoms with E-state index in [0.29, 0.717) is 17.8 Å². The van der Waals surface area contributed by atoms with Crippen LogP contribution in [-0.4, -0.2) is 45.2 Å². The van der Waals surface area contributed by atoms with E-state index in [1.807, 2.05) is 23.8 Å². The molecule has 7 heteroatoms. The lowest BCUT2D eigenvalue weighted by Crippen LogP contribution is -2.30. The van der Waals surface area contributed by atoms with Crippen LogP contribution in [-0.2, 0) is 4.79 Å². The Kier molecular flexibility index (Phi) is 3.50. The molecule has 3 rings (SSSR count). The lowest BCUT2D eigenvalue weighted by Gasteiger charge is -2.15. The Balaban J connectivity index is 1.84. The number of hydrogen-bond acceptors (Lipinski definition) is 4. The van der Waals surface area contributed by atoms with Crippen molar-refractivity contribution in [2.45, 2.75) is 6.92 Å². The number of rotatable bonds is 3. The highest BCUT2D eigenvalue weighted by Crippen LogP contribution is 2.28. The first-order valence-electron chi connectivity index (χ1n) is 6.66. The molecule has 3 heterocycles. The number of H-pyrrole nitrogens is 1. The summed E-state index contributed by atoms with van der Waals surface area (Å²) < 4.78 is 0. The summed E-state index contributed by atoms with van der Waals surface area (Å²) in [5.41, 5.74) is 2.10. The van der Waals surface area contributed by atoms with Gasteiger partial charge in [-0.25, -0.2) is 0 Å². The minimum absolute atomic E-state index is 0.0389. The van der Waals surface area contributed by atoms with Gasteiger partial charge in [0.05, 0.1) is 23.4 Å². The number of hydrogen-bond donors (Lipinski definition) is 2. The largest absolute Gasteiger partial charge is 0.481 e. The first-order chi connectivity index (χ1) is 10.1. The van der Waals surface area contributed by atoms with Gasteiger partial charge >= 0.3 is 5.97 Å². The summed E-state index contributed by atoms with van der Waals surface area (Å²) in [6, 6.07) is 1.92. The van der Waals surface area contributed by atoms with E-state index in [2.05, 4.69) is 10.2 Å². The lowest BCUT2D eigenvalue weighted by atomic mass is 9.99. The molecule has 1 saturated heterocycles. The van der Waals surface area contributed by atoms with E-state index in [4.69, 9.17) is 5.11 Å². The molecule has 2 aromatic heterocycles. The maximum absolute atomic E-state index is 12.6. The Morgan fingerprint density at radius 2 is 2.29 bits per heavy atom. The maximum atomic E-state index is 12.6. The van der Waals surface area contributed by atoms with Gasteiger partial charge < -0.3 is 10.0 Å². The Hall–Kier alpha value is -2.15. The van der Waals surface area contributed by atoms with Gasteiger partial charge in [-0.2, -0.15) is 16.4 Å². The van der Waals surface area contributed by atoms with E-state index in [0.717, 1.165) is 5.56 Å². The van der Waals surface area contributed by atoms with E-state index in [9.17, 15) is 9.59 Å². The molecule has 1 amide bonds. The predicted molar refractivity (Wildman–Crippen MR) is 78.1 cm³/mol. The van der Waals surface area contributed by atoms with Crippen molar-refractivity contribution in [2.24, 2.45) is 11.8 Å². The SMILES string of the molecule is C[C@@H]1CN(C(=O)c2cn[nH]c2-c2ccsc2)C[C@H]1C(=O)O. The summed E-state index contributed by atoms with van der Waals surface area (Å²) in [7, 11) is 0. The summed E-state index contributed by atoms with van der Waals surface area (Å²) >= 11 is 1.54. The van der Waals surface area contributed by atoms with Gasteiger partial charge in [-0.3, -0.25) is 14.7 Å². The van der Waals surface area contributed by atoms with Crippen LogP contribution in [0.1, 0.15) is 17.3 Å². The van der Waals surface area contributed by atoms with Crippen LogP contribution >= 0.6 is 11.3 Å². The highest BCUT2D eigenvalue weighted by molar-refractivity contribution is 7.08. The minimum atomic E-state index is -0.844. The Bertz CT molecular complexity index is 665. The number of aliphatic carboxylic acids is 1. The van der Waals surface area contributed by atoms with Crippen LogP contribution in [0.4, 0.5) is 0 Å². The molecule has 0 radical (unpaired) electrons. The van der Waals surface area contributed by atoms with Gasteiger partial charge in [0.2, 0.25) is 0 Å². The summed E-state index contributed by atoms with van der Waals surface area (Å²) in [6.07, 6.45) is 1.51. The molecule has 1 fully saturated rings. The van der Waals surface area contributed by atoms with Crippen LogP contribution < -0.4 is 0 Å². The second-order valence-electron chi connectivity index (χ2n) is 5.30. The van der Waals surface area contributed by atoms with Crippen molar-refractivity contribution in [1.82, 2.24) is 15.1 Å². The molecule has 21 heavy (non-hydrogen) atoms. The van der Waals surface area contributed by atoms with E-state index in [-0.39, 0.29) is 18.4 Å². The quantitative estimate of drug-likeness (QED) is 0.907. The molecule has 0 spiro atoms. The zero-order valence-corrected chi connectivity index (χ0v) is 12.3. The first-order valence-corrected chi connectivity index (χ1v) is 7.60. The molecule has 2 N–H and O–H groups in total. The van der Waals surface area contributed by atoms with Crippen molar-refractivity contribution >= 4 is 23.2 Å². The molecule has 0 aliphatic carbocycles. The van der Waals surface area contributed by atoms with Gasteiger partial charge in [0.25, 0.3) is 5.91 Å². The fourth-order valence-electron chi connectivity index (χ4n) is 2.70. The second kappa shape index (κ2) is 5.33. The van der Waals surface area contributed by atoms with E-state index < -0.39 is 11.9 Å². The first kappa shape index (κ1) is 13.8. The monoisotopic (exact) mass is 305 g/mol. The summed E-state index contributed by atoms with van der Waals surface area (Å²) in [5, 5.41) is 19.8. The standard InChI is InChI=1S/C14H15N3O3S/c1-8-5-17(6-11(8)14(19)20)13(18)10-4-15-16-12(10)9-2-3-21-7-9/h2-4,7-8,11H,5-6H2,1H3,(H,15,16)(H,19,20)/t8-,11-/m1/s1. The number of nitrogens with zero attached hydrogens (tertiary/aromatic N) is 2. The lowest BCUT2D eigenvalue weighted by molar-refractivity contribution is -0.142. The number of aromatic amines is 1. The summed E-state index contributed by atoms with van der Waals surface area (Å²) in [6.45, 7) is 2.58. The smallest absolute Gasteiger partial charge is 0.308 e. The third-order valence-corrected chi connectivity index (χ3v) is 4.58. The molecule has 6 nitrogen and oxygen atoms in total. The van der Waals surface area contributed by atoms with Crippen molar-refractivity contribution in [3.63, 3.8) is 0 Å². The zero-order valence-electron chi connectivity index (χ0n) is 11.4. The predicted octanol–water partition coefficient (Wildman–Crippen LogP) is 1.93. The van der Waals surface area contributed by atoms with Crippen molar-refractivity contribution in [3.8, 4) is 11.3 Å². The van der Waals surface area contributed by atoms with Crippen LogP contribution in [0.15, 0.2) is 23.0 Å². The molecule has 0 bridgehead atoms. The molecular formula is C14H15N3O3S. The number of amides is 1. The number of nitrogens with one attached hydrogen (secondary N) is 1. The third kappa shape index (κ3) is 2.44. The van der Waals surface area contributed by atoms with Crippen molar-refractivity contribution in [2.75, 3.05) is 13.1 Å². The average molecular weight is 305 g/mol. The van der Waals surface area contributed by atoms with Crippen LogP contribution in [0.3, 0.4) is 0 Å². The van der Waals surface area contributed by atoms with Crippen LogP contribution in [0.2, 0.25) is 0 Å². The van der Waals surface area contributed by atoms with E-state index in [1.54, 1.807) is 16.2 Å². The fraction of sp³-hybridized carbons (Fsp3) is 0.357. The number of carbonyl (C=O) groups excluding carboxylic acids is 1. The van der Waals surface area contributed by atoms with Crippen LogP contribution in [0, 0.1) is 11.8 Å². The van der Waals surface area contributed by atoms with Crippen molar-refractivity contribution < 1.29 is 14.7 Å². The highest BCUT2D eigenvalue weighted by atomic mass is 32.1. The second-order valence-corrected chi connectivity index (χ2v) is 6.08. The topological polar surface area (TPSA) is 86.3 Å². The Labute approximate surface area is 125 Å². The van der Waals surface area contributed by atoms with Gasteiger partial charge in [0, 0.05) is 24.0 Å². The van der Waals surface area contributed by atoms with Gasteiger partial charge in [-0.15, -0.1) is 0 Å². The Morgan fingerprint density at radius 1 is 1.48 bits per heavy atom. The van der Waals surface area contributed by atoms with Crippen LogP contribution in [0.25, 0.3) is 11.3 Å². The third-order valence-electron chi connectivity index (χ3n) is 3.90. The average Bonchev–Trinajstić information content (AvgIpc) is 3.17. The molecular weight excluding hydrogens is 290 g/mol. The molecule has 0 saturated carbocycles. The van der Waals surface area contributed by atoms with Crippen molar-refractivity contribution in [1.29, 1.82) is 0 Å². The number of carboxylic acid groups (broad SMARTS) is 1. The molecule has 0 aromatic carbocycles. The van der Waals surface area contributed by atoms with E-state index >= 15 is 0 Å². The van der Waals surface area contributed by atoms with E-state index in [1.165, 1.54) is 6.20 Å². The normalized spacial score (nSPS) is 21.7. The van der Waals surface area contributed by atoms with Gasteiger partial charge in [-0.05, 0) is 17.4 Å². The Morgan fingerprint density at radius 3 is 2.90 bits per heavy atom. The highest BCUT2D eigenvalue weighted by Gasteiger charge is 2.38. The molecule has 110 valence electrons. The molecule has 2 aromatic rings. The molecule has 1 aliphatic rings. The number of carbonyl (C=O) groups is 2. The number of carboxylic acids is 1. The maximum Gasteiger partial charge on any atom is 0.308 e. The zero-order chi connectivity index (χ0) is 15.0. The number of likely N-dealkylation sites (tertiary alicyclic amines) is 1. The van der Waals surface area contributed by atoms with Crippen molar-refractivity contribution in [3.05, 3.63) is 28.6 Å². The molecule has 0 unspecified atom stereocenters. The van der Waals surface area contributed by atoms with Gasteiger partial charge in [0.15, 0.2) is 0 Å². The molecule has 1 aliphatic heterocycles. The number of thiophene rings is 1. The minimum Gasteiger partial charge on any atom is -0.481 e. The fourth-order valence-corrected chi connectivity index (χ4v) is 3.35. The number of aromatic nitrogens is 2. The molecule has 2 atom stereocenters. The summed E-state index contributed by atoms with van der Waals surface area (Å²) in [4.78, 5) is 25.4. The van der Waals surface area contributed by atoms with Gasteiger partial charge in [0.1, 0.15) is 0 Å². The summed E-state index contributed by atoms with van der Waals surface area (Å²) in [5.74, 6) is -1.54. The van der Waals surface area contributed by atoms with Gasteiger partial charge in [-0.1, -0.05) is 6.92 Å². The van der Waals surface area contributed by atoms with Crippen LogP contribution in [0.5, 0.6) is 0 Å².